The van der Waals surface area contributed by atoms with Gasteiger partial charge in [0.05, 0.1) is 5.75 Å². The van der Waals surface area contributed by atoms with Crippen molar-refractivity contribution in [2.75, 3.05) is 10.5 Å². The second kappa shape index (κ2) is 8.51. The average molecular weight is 369 g/mol. The first-order chi connectivity index (χ1) is 11.8. The van der Waals surface area contributed by atoms with Gasteiger partial charge in [-0.1, -0.05) is 25.7 Å². The molecule has 25 heavy (non-hydrogen) atoms. The third-order valence-electron chi connectivity index (χ3n) is 4.56. The molecule has 2 N–H and O–H groups in total. The van der Waals surface area contributed by atoms with Crippen molar-refractivity contribution >= 4 is 21.6 Å². The van der Waals surface area contributed by atoms with Crippen LogP contribution in [0.25, 0.3) is 0 Å². The molecule has 0 saturated heterocycles. The topological polar surface area (TPSA) is 97.3 Å². The Morgan fingerprint density at radius 2 is 1.84 bits per heavy atom. The zero-order valence-electron chi connectivity index (χ0n) is 14.9. The summed E-state index contributed by atoms with van der Waals surface area (Å²) in [6.45, 7) is 3.11. The molecule has 1 aliphatic rings. The molecule has 1 amide bonds. The van der Waals surface area contributed by atoms with Crippen LogP contribution in [-0.2, 0) is 21.4 Å². The molecule has 140 valence electrons. The summed E-state index contributed by atoms with van der Waals surface area (Å²) in [5, 5.41) is 3.00. The maximum absolute atomic E-state index is 12.5. The first-order valence-corrected chi connectivity index (χ1v) is 10.5. The van der Waals surface area contributed by atoms with Crippen LogP contribution in [0.1, 0.15) is 51.1 Å². The number of nitrogens with zero attached hydrogens (tertiary/aromatic N) is 1. The van der Waals surface area contributed by atoms with Crippen LogP contribution in [0.2, 0.25) is 0 Å². The lowest BCUT2D eigenvalue weighted by molar-refractivity contribution is -0.122. The molecule has 0 radical (unpaired) electrons. The van der Waals surface area contributed by atoms with Gasteiger partial charge in [-0.25, -0.2) is 8.42 Å². The highest BCUT2D eigenvalue weighted by atomic mass is 32.2. The number of aromatic nitrogens is 1. The van der Waals surface area contributed by atoms with Crippen LogP contribution in [-0.4, -0.2) is 30.7 Å². The van der Waals surface area contributed by atoms with Crippen molar-refractivity contribution in [2.45, 2.75) is 65.0 Å². The summed E-state index contributed by atoms with van der Waals surface area (Å²) in [5.74, 6) is -0.338. The van der Waals surface area contributed by atoms with Gasteiger partial charge in [-0.15, -0.1) is 0 Å². The predicted molar refractivity (Wildman–Crippen MR) is 98.2 cm³/mol. The van der Waals surface area contributed by atoms with Crippen LogP contribution < -0.4 is 15.6 Å². The minimum Gasteiger partial charge on any atom is -0.352 e. The lowest BCUT2D eigenvalue weighted by Gasteiger charge is -2.18. The number of anilines is 1. The largest absolute Gasteiger partial charge is 0.352 e. The smallest absolute Gasteiger partial charge is 0.275 e. The van der Waals surface area contributed by atoms with Gasteiger partial charge in [0.2, 0.25) is 15.9 Å². The number of nitrogens with one attached hydrogen (secondary N) is 2. The number of pyridine rings is 1. The molecule has 0 spiro atoms. The van der Waals surface area contributed by atoms with Crippen molar-refractivity contribution in [2.24, 2.45) is 0 Å². The van der Waals surface area contributed by atoms with Gasteiger partial charge in [0.1, 0.15) is 12.2 Å². The minimum absolute atomic E-state index is 0.0327. The molecule has 0 unspecified atom stereocenters. The van der Waals surface area contributed by atoms with E-state index in [4.69, 9.17) is 0 Å². The summed E-state index contributed by atoms with van der Waals surface area (Å²) < 4.78 is 27.0. The number of rotatable bonds is 6. The fourth-order valence-electron chi connectivity index (χ4n) is 3.03. The van der Waals surface area contributed by atoms with Gasteiger partial charge in [0, 0.05) is 11.7 Å². The fourth-order valence-corrected chi connectivity index (χ4v) is 3.66. The number of carbonyl (C=O) groups excluding carboxylic acids is 1. The van der Waals surface area contributed by atoms with Crippen molar-refractivity contribution in [1.82, 2.24) is 9.88 Å². The molecule has 1 heterocycles. The molecule has 7 nitrogen and oxygen atoms in total. The van der Waals surface area contributed by atoms with Crippen LogP contribution in [0.3, 0.4) is 0 Å². The zero-order chi connectivity index (χ0) is 18.4. The molecule has 1 fully saturated rings. The average Bonchev–Trinajstić information content (AvgIpc) is 2.83. The molecule has 8 heteroatoms. The van der Waals surface area contributed by atoms with Crippen molar-refractivity contribution in [1.29, 1.82) is 0 Å². The van der Waals surface area contributed by atoms with E-state index in [9.17, 15) is 18.0 Å². The maximum Gasteiger partial charge on any atom is 0.275 e. The van der Waals surface area contributed by atoms with Gasteiger partial charge in [-0.3, -0.25) is 14.3 Å². The molecule has 2 rings (SSSR count). The first-order valence-electron chi connectivity index (χ1n) is 8.82. The van der Waals surface area contributed by atoms with E-state index in [1.165, 1.54) is 30.4 Å². The number of sulfonamides is 1. The molecule has 0 atom stereocenters. The standard InChI is InChI=1S/C17H27N3O4S/c1-3-25(23,24)19-15-11-10-13(2)20(17(15)22)12-16(21)18-14-8-6-4-5-7-9-14/h10-11,14,19H,3-9,12H2,1-2H3,(H,18,21). The highest BCUT2D eigenvalue weighted by molar-refractivity contribution is 7.92. The van der Waals surface area contributed by atoms with E-state index >= 15 is 0 Å². The van der Waals surface area contributed by atoms with E-state index in [2.05, 4.69) is 10.0 Å². The van der Waals surface area contributed by atoms with Crippen LogP contribution in [0, 0.1) is 6.92 Å². The number of aryl methyl sites for hydroxylation is 1. The van der Waals surface area contributed by atoms with E-state index in [0.29, 0.717) is 5.69 Å². The normalized spacial score (nSPS) is 16.2. The highest BCUT2D eigenvalue weighted by Crippen LogP contribution is 2.17. The monoisotopic (exact) mass is 369 g/mol. The van der Waals surface area contributed by atoms with Crippen LogP contribution in [0.5, 0.6) is 0 Å². The van der Waals surface area contributed by atoms with E-state index in [0.717, 1.165) is 25.7 Å². The molecule has 1 aromatic heterocycles. The Bertz CT molecular complexity index is 763. The van der Waals surface area contributed by atoms with Crippen molar-refractivity contribution in [3.05, 3.63) is 28.2 Å². The fraction of sp³-hybridized carbons (Fsp3) is 0.647. The van der Waals surface area contributed by atoms with Crippen molar-refractivity contribution < 1.29 is 13.2 Å². The number of amides is 1. The van der Waals surface area contributed by atoms with Crippen LogP contribution >= 0.6 is 0 Å². The predicted octanol–water partition coefficient (Wildman–Crippen LogP) is 1.76. The second-order valence-electron chi connectivity index (χ2n) is 6.54. The van der Waals surface area contributed by atoms with Gasteiger partial charge < -0.3 is 9.88 Å². The van der Waals surface area contributed by atoms with Gasteiger partial charge in [-0.05, 0) is 38.8 Å². The summed E-state index contributed by atoms with van der Waals surface area (Å²) in [6.07, 6.45) is 6.55. The number of carbonyl (C=O) groups is 1. The van der Waals surface area contributed by atoms with E-state index in [1.54, 1.807) is 13.0 Å². The molecule has 0 aliphatic heterocycles. The van der Waals surface area contributed by atoms with E-state index < -0.39 is 15.6 Å². The second-order valence-corrected chi connectivity index (χ2v) is 8.55. The maximum atomic E-state index is 12.5. The summed E-state index contributed by atoms with van der Waals surface area (Å²) in [4.78, 5) is 24.9. The lowest BCUT2D eigenvalue weighted by atomic mass is 10.1. The molecule has 1 saturated carbocycles. The minimum atomic E-state index is -3.54. The summed E-state index contributed by atoms with van der Waals surface area (Å²) in [6, 6.07) is 3.23. The number of hydrogen-bond acceptors (Lipinski definition) is 4. The van der Waals surface area contributed by atoms with Gasteiger partial charge in [-0.2, -0.15) is 0 Å². The Labute approximate surface area is 148 Å². The zero-order valence-corrected chi connectivity index (χ0v) is 15.7. The molecule has 0 aromatic carbocycles. The molecule has 1 aliphatic carbocycles. The quantitative estimate of drug-likeness (QED) is 0.747. The van der Waals surface area contributed by atoms with Gasteiger partial charge in [0.15, 0.2) is 0 Å². The molecule has 1 aromatic rings. The Balaban J connectivity index is 2.12. The third kappa shape index (κ3) is 5.59. The van der Waals surface area contributed by atoms with Crippen molar-refractivity contribution in [3.63, 3.8) is 0 Å². The Hall–Kier alpha value is -1.83. The van der Waals surface area contributed by atoms with Gasteiger partial charge >= 0.3 is 0 Å². The molecule has 0 bridgehead atoms. The van der Waals surface area contributed by atoms with Gasteiger partial charge in [0.25, 0.3) is 5.56 Å². The summed E-state index contributed by atoms with van der Waals surface area (Å²) >= 11 is 0. The van der Waals surface area contributed by atoms with Crippen LogP contribution in [0.15, 0.2) is 16.9 Å². The molecular weight excluding hydrogens is 342 g/mol. The highest BCUT2D eigenvalue weighted by Gasteiger charge is 2.17. The van der Waals surface area contributed by atoms with E-state index in [1.807, 2.05) is 0 Å². The van der Waals surface area contributed by atoms with E-state index in [-0.39, 0.29) is 29.9 Å². The summed E-state index contributed by atoms with van der Waals surface area (Å²) in [5.41, 5.74) is 0.0724. The third-order valence-corrected chi connectivity index (χ3v) is 5.85. The number of hydrogen-bond donors (Lipinski definition) is 2. The Morgan fingerprint density at radius 3 is 2.44 bits per heavy atom. The van der Waals surface area contributed by atoms with Crippen LogP contribution in [0.4, 0.5) is 5.69 Å². The van der Waals surface area contributed by atoms with Crippen molar-refractivity contribution in [3.8, 4) is 0 Å². The Morgan fingerprint density at radius 1 is 1.20 bits per heavy atom. The Kier molecular flexibility index (Phi) is 6.64. The molecular formula is C17H27N3O4S. The SMILES string of the molecule is CCS(=O)(=O)Nc1ccc(C)n(CC(=O)NC2CCCCCC2)c1=O. The first kappa shape index (κ1) is 19.5. The summed E-state index contributed by atoms with van der Waals surface area (Å²) in [7, 11) is -3.54. The lowest BCUT2D eigenvalue weighted by Crippen LogP contribution is -2.39.